The molecule has 4 heteroatoms. The van der Waals surface area contributed by atoms with Gasteiger partial charge in [0, 0.05) is 19.7 Å². The second kappa shape index (κ2) is 4.84. The lowest BCUT2D eigenvalue weighted by molar-refractivity contribution is -0.195. The Bertz CT molecular complexity index is 266. The molecule has 4 nitrogen and oxygen atoms in total. The van der Waals surface area contributed by atoms with E-state index in [9.17, 15) is 0 Å². The number of morpholine rings is 1. The number of hydrogen-bond acceptors (Lipinski definition) is 4. The van der Waals surface area contributed by atoms with E-state index in [1.165, 1.54) is 25.9 Å². The van der Waals surface area contributed by atoms with Crippen molar-refractivity contribution >= 4 is 0 Å². The highest BCUT2D eigenvalue weighted by molar-refractivity contribution is 5.07. The molecule has 1 spiro atoms. The van der Waals surface area contributed by atoms with Crippen LogP contribution >= 0.6 is 0 Å². The molecule has 0 saturated carbocycles. The van der Waals surface area contributed by atoms with Gasteiger partial charge in [0.25, 0.3) is 0 Å². The summed E-state index contributed by atoms with van der Waals surface area (Å²) in [5.74, 6) is 0.728. The van der Waals surface area contributed by atoms with Crippen LogP contribution in [0.25, 0.3) is 0 Å². The van der Waals surface area contributed by atoms with E-state index in [2.05, 4.69) is 17.1 Å². The zero-order valence-electron chi connectivity index (χ0n) is 10.8. The molecular formula is C13H24N2O2. The Morgan fingerprint density at radius 3 is 2.88 bits per heavy atom. The lowest BCUT2D eigenvalue weighted by atomic mass is 9.70. The van der Waals surface area contributed by atoms with Crippen LogP contribution in [0, 0.1) is 5.92 Å². The van der Waals surface area contributed by atoms with Crippen LogP contribution in [-0.4, -0.2) is 62.5 Å². The summed E-state index contributed by atoms with van der Waals surface area (Å²) < 4.78 is 11.9. The van der Waals surface area contributed by atoms with Gasteiger partial charge in [-0.1, -0.05) is 0 Å². The van der Waals surface area contributed by atoms with E-state index < -0.39 is 0 Å². The maximum atomic E-state index is 6.27. The summed E-state index contributed by atoms with van der Waals surface area (Å²) in [4.78, 5) is 2.56. The fourth-order valence-electron chi connectivity index (χ4n) is 3.80. The minimum atomic E-state index is 0.0317. The van der Waals surface area contributed by atoms with Gasteiger partial charge in [0.1, 0.15) is 5.60 Å². The molecule has 98 valence electrons. The zero-order chi connectivity index (χ0) is 11.7. The van der Waals surface area contributed by atoms with Crippen LogP contribution in [-0.2, 0) is 9.47 Å². The first-order chi connectivity index (χ1) is 8.35. The highest BCUT2D eigenvalue weighted by Crippen LogP contribution is 2.41. The lowest BCUT2D eigenvalue weighted by Gasteiger charge is -2.57. The van der Waals surface area contributed by atoms with E-state index in [-0.39, 0.29) is 5.60 Å². The molecular weight excluding hydrogens is 216 g/mol. The summed E-state index contributed by atoms with van der Waals surface area (Å²) >= 11 is 0. The van der Waals surface area contributed by atoms with Gasteiger partial charge >= 0.3 is 0 Å². The van der Waals surface area contributed by atoms with Gasteiger partial charge in [-0.25, -0.2) is 0 Å². The van der Waals surface area contributed by atoms with E-state index in [0.717, 1.165) is 38.8 Å². The normalized spacial score (nSPS) is 45.4. The Hall–Kier alpha value is -0.160. The van der Waals surface area contributed by atoms with Crippen molar-refractivity contribution in [1.82, 2.24) is 10.2 Å². The molecule has 0 aliphatic carbocycles. The Morgan fingerprint density at radius 1 is 1.41 bits per heavy atom. The van der Waals surface area contributed by atoms with Crippen molar-refractivity contribution in [2.24, 2.45) is 5.92 Å². The first-order valence-electron chi connectivity index (χ1n) is 7.02. The molecule has 4 fully saturated rings. The third kappa shape index (κ3) is 2.01. The first-order valence-corrected chi connectivity index (χ1v) is 7.02. The Kier molecular flexibility index (Phi) is 3.39. The summed E-state index contributed by atoms with van der Waals surface area (Å²) in [6, 6.07) is 0.379. The number of hydrogen-bond donors (Lipinski definition) is 1. The van der Waals surface area contributed by atoms with Crippen molar-refractivity contribution in [1.29, 1.82) is 0 Å². The van der Waals surface area contributed by atoms with E-state index >= 15 is 0 Å². The second-order valence-electron chi connectivity index (χ2n) is 5.52. The van der Waals surface area contributed by atoms with Crippen molar-refractivity contribution in [2.45, 2.75) is 31.4 Å². The van der Waals surface area contributed by atoms with Gasteiger partial charge in [-0.15, -0.1) is 0 Å². The number of piperidine rings is 3. The van der Waals surface area contributed by atoms with Crippen LogP contribution in [0.15, 0.2) is 0 Å². The average molecular weight is 240 g/mol. The molecule has 4 rings (SSSR count). The number of fused-ring (bicyclic) bond motifs is 2. The first kappa shape index (κ1) is 11.9. The molecule has 2 atom stereocenters. The van der Waals surface area contributed by atoms with Crippen LogP contribution in [0.3, 0.4) is 0 Å². The number of nitrogens with zero attached hydrogens (tertiary/aromatic N) is 1. The molecule has 4 aliphatic rings. The van der Waals surface area contributed by atoms with E-state index in [1.54, 1.807) is 0 Å². The SMILES string of the molecule is CCOCC1NCCOC12CN1CCC2CC1. The predicted octanol–water partition coefficient (Wildman–Crippen LogP) is 0.476. The zero-order valence-corrected chi connectivity index (χ0v) is 10.8. The van der Waals surface area contributed by atoms with Gasteiger partial charge in [-0.2, -0.15) is 0 Å². The Morgan fingerprint density at radius 2 is 2.24 bits per heavy atom. The van der Waals surface area contributed by atoms with Gasteiger partial charge in [-0.05, 0) is 38.8 Å². The Balaban J connectivity index is 1.76. The highest BCUT2D eigenvalue weighted by Gasteiger charge is 2.53. The summed E-state index contributed by atoms with van der Waals surface area (Å²) in [6.45, 7) is 9.09. The lowest BCUT2D eigenvalue weighted by Crippen LogP contribution is -2.72. The molecule has 0 aromatic carbocycles. The van der Waals surface area contributed by atoms with Crippen LogP contribution in [0.5, 0.6) is 0 Å². The molecule has 2 bridgehead atoms. The monoisotopic (exact) mass is 240 g/mol. The standard InChI is InChI=1S/C13H24N2O2/c1-2-16-9-12-13(17-8-5-14-12)10-15-6-3-11(13)4-7-15/h11-12,14H,2-10H2,1H3. The third-order valence-corrected chi connectivity index (χ3v) is 4.69. The molecule has 0 aromatic heterocycles. The summed E-state index contributed by atoms with van der Waals surface area (Å²) in [5, 5.41) is 3.62. The minimum absolute atomic E-state index is 0.0317. The molecule has 17 heavy (non-hydrogen) atoms. The van der Waals surface area contributed by atoms with Crippen LogP contribution in [0.2, 0.25) is 0 Å². The molecule has 1 N–H and O–H groups in total. The maximum Gasteiger partial charge on any atom is 0.101 e. The molecule has 0 amide bonds. The number of nitrogens with one attached hydrogen (secondary N) is 1. The fraction of sp³-hybridized carbons (Fsp3) is 1.00. The topological polar surface area (TPSA) is 33.7 Å². The van der Waals surface area contributed by atoms with Crippen molar-refractivity contribution in [2.75, 3.05) is 46.0 Å². The van der Waals surface area contributed by atoms with Gasteiger partial charge < -0.3 is 19.7 Å². The van der Waals surface area contributed by atoms with E-state index in [4.69, 9.17) is 9.47 Å². The van der Waals surface area contributed by atoms with Gasteiger partial charge in [0.2, 0.25) is 0 Å². The molecule has 4 aliphatic heterocycles. The third-order valence-electron chi connectivity index (χ3n) is 4.69. The van der Waals surface area contributed by atoms with Crippen LogP contribution in [0.1, 0.15) is 19.8 Å². The van der Waals surface area contributed by atoms with Crippen molar-refractivity contribution in [3.8, 4) is 0 Å². The summed E-state index contributed by atoms with van der Waals surface area (Å²) in [5.41, 5.74) is 0.0317. The quantitative estimate of drug-likeness (QED) is 0.778. The van der Waals surface area contributed by atoms with Gasteiger partial charge in [0.15, 0.2) is 0 Å². The minimum Gasteiger partial charge on any atom is -0.380 e. The van der Waals surface area contributed by atoms with E-state index in [0.29, 0.717) is 6.04 Å². The molecule has 2 unspecified atom stereocenters. The van der Waals surface area contributed by atoms with Gasteiger partial charge in [-0.3, -0.25) is 0 Å². The average Bonchev–Trinajstić information content (AvgIpc) is 2.39. The molecule has 0 aromatic rings. The second-order valence-corrected chi connectivity index (χ2v) is 5.52. The summed E-state index contributed by atoms with van der Waals surface area (Å²) in [6.07, 6.45) is 2.59. The Labute approximate surface area is 104 Å². The fourth-order valence-corrected chi connectivity index (χ4v) is 3.80. The number of rotatable bonds is 3. The predicted molar refractivity (Wildman–Crippen MR) is 66.1 cm³/mol. The molecule has 0 radical (unpaired) electrons. The van der Waals surface area contributed by atoms with Crippen molar-refractivity contribution < 1.29 is 9.47 Å². The summed E-state index contributed by atoms with van der Waals surface area (Å²) in [7, 11) is 0. The highest BCUT2D eigenvalue weighted by atomic mass is 16.5. The van der Waals surface area contributed by atoms with E-state index in [1.807, 2.05) is 0 Å². The largest absolute Gasteiger partial charge is 0.380 e. The maximum absolute atomic E-state index is 6.27. The van der Waals surface area contributed by atoms with Crippen molar-refractivity contribution in [3.63, 3.8) is 0 Å². The molecule has 4 heterocycles. The smallest absolute Gasteiger partial charge is 0.101 e. The number of ether oxygens (including phenoxy) is 2. The van der Waals surface area contributed by atoms with Gasteiger partial charge in [0.05, 0.1) is 19.3 Å². The van der Waals surface area contributed by atoms with Crippen LogP contribution in [0.4, 0.5) is 0 Å². The molecule has 4 saturated heterocycles. The van der Waals surface area contributed by atoms with Crippen molar-refractivity contribution in [3.05, 3.63) is 0 Å². The van der Waals surface area contributed by atoms with Crippen LogP contribution < -0.4 is 5.32 Å².